The van der Waals surface area contributed by atoms with Crippen LogP contribution in [0.5, 0.6) is 0 Å². The molecule has 0 saturated heterocycles. The molecule has 0 saturated carbocycles. The maximum atomic E-state index is 2.37. The van der Waals surface area contributed by atoms with Gasteiger partial charge in [0.25, 0.3) is 0 Å². The van der Waals surface area contributed by atoms with Crippen molar-refractivity contribution < 1.29 is 0 Å². The molecule has 0 unspecified atom stereocenters. The van der Waals surface area contributed by atoms with Crippen LogP contribution in [0.25, 0.3) is 25.1 Å². The summed E-state index contributed by atoms with van der Waals surface area (Å²) in [6.45, 7) is 30.4. The zero-order valence-electron chi connectivity index (χ0n) is 22.4. The van der Waals surface area contributed by atoms with Crippen LogP contribution in [0.4, 0.5) is 0 Å². The van der Waals surface area contributed by atoms with E-state index in [1.54, 1.807) is 14.3 Å². The first-order chi connectivity index (χ1) is 14.8. The molecule has 168 valence electrons. The molecule has 0 bridgehead atoms. The third-order valence-electron chi connectivity index (χ3n) is 9.05. The molecule has 4 aromatic rings. The summed E-state index contributed by atoms with van der Waals surface area (Å²) in [4.78, 5) is 1.57. The Hall–Kier alpha value is -2.12. The van der Waals surface area contributed by atoms with Gasteiger partial charge in [-0.2, -0.15) is 0 Å². The fraction of sp³-hybridized carbons (Fsp3) is 0.419. The second-order valence-electron chi connectivity index (χ2n) is 10.2. The number of rotatable bonds is 1. The second kappa shape index (κ2) is 7.45. The average molecular weight is 444 g/mol. The van der Waals surface area contributed by atoms with E-state index < -0.39 is 0 Å². The largest absolute Gasteiger partial charge is 0.191 e. The summed E-state index contributed by atoms with van der Waals surface area (Å²) in [5, 5.41) is 3.06. The van der Waals surface area contributed by atoms with Crippen molar-refractivity contribution in [1.29, 1.82) is 0 Å². The van der Waals surface area contributed by atoms with E-state index in [9.17, 15) is 0 Å². The van der Waals surface area contributed by atoms with Gasteiger partial charge in [0, 0.05) is 32.7 Å². The predicted molar refractivity (Wildman–Crippen MR) is 147 cm³/mol. The molecular weight excluding hydrogens is 404 g/mol. The van der Waals surface area contributed by atoms with Crippen molar-refractivity contribution in [2.75, 3.05) is 0 Å². The maximum Gasteiger partial charge on any atom is 0.191 e. The van der Waals surface area contributed by atoms with Crippen LogP contribution in [-0.2, 0) is 0 Å². The number of hydrogen-bond acceptors (Lipinski definition) is 0. The van der Waals surface area contributed by atoms with Gasteiger partial charge < -0.3 is 0 Å². The summed E-state index contributed by atoms with van der Waals surface area (Å²) < 4.78 is 3.18. The molecule has 4 rings (SSSR count). The van der Waals surface area contributed by atoms with Gasteiger partial charge in [-0.3, -0.25) is 0 Å². The molecule has 3 aromatic carbocycles. The Labute approximate surface area is 197 Å². The highest BCUT2D eigenvalue weighted by Gasteiger charge is 2.35. The third kappa shape index (κ3) is 2.73. The summed E-state index contributed by atoms with van der Waals surface area (Å²) in [7, 11) is -0.0733. The van der Waals surface area contributed by atoms with Crippen LogP contribution < -0.4 is 0 Å². The van der Waals surface area contributed by atoms with Crippen LogP contribution in [0.1, 0.15) is 72.3 Å². The van der Waals surface area contributed by atoms with Crippen LogP contribution in [-0.4, -0.2) is 0 Å². The van der Waals surface area contributed by atoms with Crippen molar-refractivity contribution in [3.8, 4) is 4.90 Å². The van der Waals surface area contributed by atoms with E-state index in [4.69, 9.17) is 0 Å². The van der Waals surface area contributed by atoms with Gasteiger partial charge >= 0.3 is 0 Å². The zero-order valence-corrected chi connectivity index (χ0v) is 23.2. The van der Waals surface area contributed by atoms with E-state index in [-0.39, 0.29) is 10.5 Å². The Morgan fingerprint density at radius 1 is 0.281 bits per heavy atom. The molecule has 0 amide bonds. The normalized spacial score (nSPS) is 11.9. The molecule has 1 heteroatoms. The highest BCUT2D eigenvalue weighted by atomic mass is 32.2. The quantitative estimate of drug-likeness (QED) is 0.257. The summed E-state index contributed by atoms with van der Waals surface area (Å²) >= 11 is 0. The topological polar surface area (TPSA) is 0 Å². The number of aryl methyl sites for hydroxylation is 4. The van der Waals surface area contributed by atoms with E-state index in [0.29, 0.717) is 0 Å². The first-order valence-electron chi connectivity index (χ1n) is 11.9. The van der Waals surface area contributed by atoms with Crippen molar-refractivity contribution in [3.05, 3.63) is 72.3 Å². The minimum absolute atomic E-state index is 0.0733. The van der Waals surface area contributed by atoms with Crippen molar-refractivity contribution in [1.82, 2.24) is 0 Å². The third-order valence-corrected chi connectivity index (χ3v) is 11.9. The SMILES string of the molecule is Cc1c(C)c(C)c(-[s+]2c3c(C)c(C)c(C)c(C)c3c3c(C)c(C)c(C)c(C)c32)c(C)c1C. The lowest BCUT2D eigenvalue weighted by atomic mass is 9.90. The minimum atomic E-state index is -0.0733. The molecule has 0 N–H and O–H groups in total. The van der Waals surface area contributed by atoms with Gasteiger partial charge in [0.15, 0.2) is 14.3 Å². The van der Waals surface area contributed by atoms with Crippen molar-refractivity contribution in [2.45, 2.75) is 90.0 Å². The first-order valence-corrected chi connectivity index (χ1v) is 13.1. The molecule has 1 aromatic heterocycles. The first kappa shape index (κ1) is 23.1. The lowest BCUT2D eigenvalue weighted by molar-refractivity contribution is 1.19. The number of benzene rings is 3. The standard InChI is InChI=1S/C31H39S/c1-14-17(4)23(10)29(24(11)18(14)5)32-30-25(12)19(6)15(2)21(8)27(30)28-22(9)16(3)20(7)26(13)31(28)32/h1-13H3/q+1. The Kier molecular flexibility index (Phi) is 5.37. The average Bonchev–Trinajstić information content (AvgIpc) is 3.12. The molecule has 0 fully saturated rings. The van der Waals surface area contributed by atoms with E-state index in [1.807, 2.05) is 0 Å². The van der Waals surface area contributed by atoms with Crippen molar-refractivity contribution in [3.63, 3.8) is 0 Å². The Morgan fingerprint density at radius 2 is 0.531 bits per heavy atom. The van der Waals surface area contributed by atoms with Gasteiger partial charge in [-0.1, -0.05) is 0 Å². The summed E-state index contributed by atoms with van der Waals surface area (Å²) in [5.74, 6) is 0. The van der Waals surface area contributed by atoms with Gasteiger partial charge in [0.05, 0.1) is 10.8 Å². The lowest BCUT2D eigenvalue weighted by Gasteiger charge is -2.15. The van der Waals surface area contributed by atoms with Crippen LogP contribution in [0, 0.1) is 90.0 Å². The number of thiophene rings is 1. The summed E-state index contributed by atoms with van der Waals surface area (Å²) in [6.07, 6.45) is 0. The molecule has 0 aliphatic heterocycles. The number of fused-ring (bicyclic) bond motifs is 3. The van der Waals surface area contributed by atoms with Crippen LogP contribution in [0.15, 0.2) is 0 Å². The van der Waals surface area contributed by atoms with E-state index in [1.165, 1.54) is 83.1 Å². The fourth-order valence-electron chi connectivity index (χ4n) is 5.75. The summed E-state index contributed by atoms with van der Waals surface area (Å²) in [6, 6.07) is 0. The Balaban J connectivity index is 2.50. The number of hydrogen-bond donors (Lipinski definition) is 0. The van der Waals surface area contributed by atoms with Gasteiger partial charge in [-0.05, 0) is 140 Å². The monoisotopic (exact) mass is 443 g/mol. The van der Waals surface area contributed by atoms with E-state index >= 15 is 0 Å². The van der Waals surface area contributed by atoms with Gasteiger partial charge in [-0.25, -0.2) is 0 Å². The predicted octanol–water partition coefficient (Wildman–Crippen LogP) is 9.74. The highest BCUT2D eigenvalue weighted by molar-refractivity contribution is 7.50. The molecule has 0 atom stereocenters. The lowest BCUT2D eigenvalue weighted by Crippen LogP contribution is -1.98. The molecule has 0 nitrogen and oxygen atoms in total. The molecule has 32 heavy (non-hydrogen) atoms. The highest BCUT2D eigenvalue weighted by Crippen LogP contribution is 2.56. The van der Waals surface area contributed by atoms with Gasteiger partial charge in [0.1, 0.15) is 0 Å². The molecular formula is C31H39S+. The maximum absolute atomic E-state index is 2.37. The fourth-order valence-corrected chi connectivity index (χ4v) is 9.11. The molecule has 0 radical (unpaired) electrons. The van der Waals surface area contributed by atoms with E-state index in [2.05, 4.69) is 90.0 Å². The zero-order chi connectivity index (χ0) is 24.0. The molecule has 0 spiro atoms. The van der Waals surface area contributed by atoms with Crippen LogP contribution in [0.3, 0.4) is 0 Å². The minimum Gasteiger partial charge on any atom is -0.0443 e. The Morgan fingerprint density at radius 3 is 0.875 bits per heavy atom. The molecule has 0 aliphatic carbocycles. The van der Waals surface area contributed by atoms with E-state index in [0.717, 1.165) is 0 Å². The van der Waals surface area contributed by atoms with Crippen molar-refractivity contribution in [2.24, 2.45) is 0 Å². The smallest absolute Gasteiger partial charge is 0.0443 e. The Bertz CT molecular complexity index is 1370. The van der Waals surface area contributed by atoms with Crippen molar-refractivity contribution >= 4 is 30.6 Å². The van der Waals surface area contributed by atoms with Crippen LogP contribution >= 0.6 is 10.5 Å². The van der Waals surface area contributed by atoms with Crippen LogP contribution in [0.2, 0.25) is 0 Å². The molecule has 1 heterocycles. The van der Waals surface area contributed by atoms with Gasteiger partial charge in [0.2, 0.25) is 0 Å². The van der Waals surface area contributed by atoms with Gasteiger partial charge in [-0.15, -0.1) is 0 Å². The second-order valence-corrected chi connectivity index (χ2v) is 12.0. The molecule has 0 aliphatic rings. The summed E-state index contributed by atoms with van der Waals surface area (Å²) in [5.41, 5.74) is 19.1.